The lowest BCUT2D eigenvalue weighted by Gasteiger charge is -2.27. The van der Waals surface area contributed by atoms with E-state index >= 15 is 0 Å². The number of hydrogen-bond donors (Lipinski definition) is 0. The Morgan fingerprint density at radius 1 is 1.05 bits per heavy atom. The number of thiophene rings is 1. The van der Waals surface area contributed by atoms with Crippen LogP contribution in [0.2, 0.25) is 0 Å². The van der Waals surface area contributed by atoms with Crippen molar-refractivity contribution in [1.82, 2.24) is 0 Å². The van der Waals surface area contributed by atoms with E-state index < -0.39 is 0 Å². The Balaban J connectivity index is 2.30. The second-order valence-corrected chi connectivity index (χ2v) is 6.65. The van der Waals surface area contributed by atoms with Crippen molar-refractivity contribution in [3.05, 3.63) is 46.8 Å². The first-order chi connectivity index (χ1) is 9.50. The average Bonchev–Trinajstić information content (AvgIpc) is 2.96. The van der Waals surface area contributed by atoms with Crippen LogP contribution >= 0.6 is 11.3 Å². The fourth-order valence-corrected chi connectivity index (χ4v) is 3.28. The van der Waals surface area contributed by atoms with Crippen LogP contribution in [0.5, 0.6) is 0 Å². The van der Waals surface area contributed by atoms with E-state index in [9.17, 15) is 4.79 Å². The fraction of sp³-hybridized carbons (Fsp3) is 0.389. The van der Waals surface area contributed by atoms with Crippen LogP contribution in [0, 0.1) is 0 Å². The van der Waals surface area contributed by atoms with Gasteiger partial charge in [-0.3, -0.25) is 4.79 Å². The van der Waals surface area contributed by atoms with Crippen LogP contribution in [-0.4, -0.2) is 5.78 Å². The van der Waals surface area contributed by atoms with Gasteiger partial charge in [-0.1, -0.05) is 45.0 Å². The lowest BCUT2D eigenvalue weighted by molar-refractivity contribution is 0.102. The molecule has 0 spiro atoms. The van der Waals surface area contributed by atoms with E-state index in [4.69, 9.17) is 0 Å². The second kappa shape index (κ2) is 5.92. The van der Waals surface area contributed by atoms with E-state index in [0.717, 1.165) is 22.6 Å². The fourth-order valence-electron chi connectivity index (χ4n) is 2.38. The van der Waals surface area contributed by atoms with Gasteiger partial charge >= 0.3 is 0 Å². The standard InChI is InChI=1S/C18H22OS/c1-5-18(4,6-2)15-9-7-14(8-10-15)17-12-11-16(20-17)13(3)19/h7-12H,5-6H2,1-4H3. The highest BCUT2D eigenvalue weighted by Gasteiger charge is 2.21. The Kier molecular flexibility index (Phi) is 4.44. The summed E-state index contributed by atoms with van der Waals surface area (Å²) in [5.41, 5.74) is 2.86. The zero-order valence-electron chi connectivity index (χ0n) is 12.7. The molecular formula is C18H22OS. The molecule has 1 nitrogen and oxygen atoms in total. The molecule has 0 saturated carbocycles. The third kappa shape index (κ3) is 2.85. The highest BCUT2D eigenvalue weighted by atomic mass is 32.1. The van der Waals surface area contributed by atoms with Crippen molar-refractivity contribution in [2.24, 2.45) is 0 Å². The molecule has 2 aromatic rings. The summed E-state index contributed by atoms with van der Waals surface area (Å²) in [5.74, 6) is 0.141. The van der Waals surface area contributed by atoms with Crippen molar-refractivity contribution in [3.63, 3.8) is 0 Å². The lowest BCUT2D eigenvalue weighted by Crippen LogP contribution is -2.19. The van der Waals surface area contributed by atoms with Gasteiger partial charge in [-0.2, -0.15) is 0 Å². The molecule has 0 aliphatic heterocycles. The number of hydrogen-bond acceptors (Lipinski definition) is 2. The second-order valence-electron chi connectivity index (χ2n) is 5.57. The van der Waals surface area contributed by atoms with Gasteiger partial charge in [-0.25, -0.2) is 0 Å². The summed E-state index contributed by atoms with van der Waals surface area (Å²) in [5, 5.41) is 0. The van der Waals surface area contributed by atoms with Gasteiger partial charge in [-0.15, -0.1) is 11.3 Å². The summed E-state index contributed by atoms with van der Waals surface area (Å²) in [4.78, 5) is 13.4. The first-order valence-corrected chi connectivity index (χ1v) is 8.03. The van der Waals surface area contributed by atoms with Gasteiger partial charge in [-0.05, 0) is 48.4 Å². The number of carbonyl (C=O) groups excluding carboxylic acids is 1. The van der Waals surface area contributed by atoms with Crippen LogP contribution < -0.4 is 0 Å². The molecule has 106 valence electrons. The molecular weight excluding hydrogens is 264 g/mol. The predicted octanol–water partition coefficient (Wildman–Crippen LogP) is 5.70. The van der Waals surface area contributed by atoms with Crippen molar-refractivity contribution in [2.45, 2.75) is 46.0 Å². The van der Waals surface area contributed by atoms with E-state index in [0.29, 0.717) is 0 Å². The molecule has 0 N–H and O–H groups in total. The van der Waals surface area contributed by atoms with Gasteiger partial charge in [0.2, 0.25) is 0 Å². The molecule has 2 rings (SSSR count). The Labute approximate surface area is 125 Å². The van der Waals surface area contributed by atoms with Gasteiger partial charge in [0.25, 0.3) is 0 Å². The zero-order valence-corrected chi connectivity index (χ0v) is 13.5. The number of ketones is 1. The summed E-state index contributed by atoms with van der Waals surface area (Å²) in [6.45, 7) is 8.43. The molecule has 0 atom stereocenters. The minimum Gasteiger partial charge on any atom is -0.294 e. The van der Waals surface area contributed by atoms with Crippen molar-refractivity contribution in [2.75, 3.05) is 0 Å². The Hall–Kier alpha value is -1.41. The minimum atomic E-state index is 0.141. The molecule has 0 unspecified atom stereocenters. The van der Waals surface area contributed by atoms with Crippen molar-refractivity contribution in [3.8, 4) is 10.4 Å². The first-order valence-electron chi connectivity index (χ1n) is 7.22. The Morgan fingerprint density at radius 2 is 1.65 bits per heavy atom. The molecule has 0 aliphatic rings. The monoisotopic (exact) mass is 286 g/mol. The molecule has 0 radical (unpaired) electrons. The highest BCUT2D eigenvalue weighted by Crippen LogP contribution is 2.34. The van der Waals surface area contributed by atoms with Crippen LogP contribution in [-0.2, 0) is 5.41 Å². The highest BCUT2D eigenvalue weighted by molar-refractivity contribution is 7.17. The van der Waals surface area contributed by atoms with Crippen LogP contribution in [0.15, 0.2) is 36.4 Å². The summed E-state index contributed by atoms with van der Waals surface area (Å²) < 4.78 is 0. The van der Waals surface area contributed by atoms with Crippen molar-refractivity contribution < 1.29 is 4.79 Å². The predicted molar refractivity (Wildman–Crippen MR) is 87.7 cm³/mol. The van der Waals surface area contributed by atoms with E-state index in [1.165, 1.54) is 11.1 Å². The summed E-state index contributed by atoms with van der Waals surface area (Å²) in [6.07, 6.45) is 2.30. The number of benzene rings is 1. The molecule has 1 aromatic heterocycles. The average molecular weight is 286 g/mol. The zero-order chi connectivity index (χ0) is 14.8. The normalized spacial score (nSPS) is 11.6. The molecule has 1 heterocycles. The maximum atomic E-state index is 11.4. The van der Waals surface area contributed by atoms with Gasteiger partial charge in [0.1, 0.15) is 0 Å². The lowest BCUT2D eigenvalue weighted by atomic mass is 9.78. The van der Waals surface area contributed by atoms with E-state index in [1.807, 2.05) is 12.1 Å². The van der Waals surface area contributed by atoms with Crippen molar-refractivity contribution >= 4 is 17.1 Å². The van der Waals surface area contributed by atoms with Gasteiger partial charge < -0.3 is 0 Å². The van der Waals surface area contributed by atoms with E-state index in [-0.39, 0.29) is 11.2 Å². The third-order valence-corrected chi connectivity index (χ3v) is 5.62. The topological polar surface area (TPSA) is 17.1 Å². The third-order valence-electron chi connectivity index (χ3n) is 4.38. The molecule has 0 saturated heterocycles. The van der Waals surface area contributed by atoms with E-state index in [1.54, 1.807) is 18.3 Å². The first kappa shape index (κ1) is 15.0. The number of carbonyl (C=O) groups is 1. The van der Waals surface area contributed by atoms with Gasteiger partial charge in [0, 0.05) is 4.88 Å². The number of Topliss-reactive ketones (excluding diaryl/α,β-unsaturated/α-hetero) is 1. The number of rotatable bonds is 5. The summed E-state index contributed by atoms with van der Waals surface area (Å²) in [7, 11) is 0. The van der Waals surface area contributed by atoms with E-state index in [2.05, 4.69) is 45.0 Å². The summed E-state index contributed by atoms with van der Waals surface area (Å²) >= 11 is 1.57. The molecule has 20 heavy (non-hydrogen) atoms. The molecule has 1 aromatic carbocycles. The van der Waals surface area contributed by atoms with Gasteiger partial charge in [0.05, 0.1) is 4.88 Å². The Morgan fingerprint density at radius 3 is 2.10 bits per heavy atom. The smallest absolute Gasteiger partial charge is 0.169 e. The van der Waals surface area contributed by atoms with Crippen LogP contribution in [0.4, 0.5) is 0 Å². The molecule has 0 aliphatic carbocycles. The molecule has 2 heteroatoms. The van der Waals surface area contributed by atoms with Gasteiger partial charge in [0.15, 0.2) is 5.78 Å². The van der Waals surface area contributed by atoms with Crippen LogP contribution in [0.1, 0.15) is 55.8 Å². The molecule has 0 fully saturated rings. The quantitative estimate of drug-likeness (QED) is 0.645. The maximum Gasteiger partial charge on any atom is 0.169 e. The maximum absolute atomic E-state index is 11.4. The van der Waals surface area contributed by atoms with Crippen molar-refractivity contribution in [1.29, 1.82) is 0 Å². The molecule has 0 bridgehead atoms. The Bertz CT molecular complexity index is 588. The minimum absolute atomic E-state index is 0.141. The van der Waals surface area contributed by atoms with Crippen LogP contribution in [0.3, 0.4) is 0 Å². The van der Waals surface area contributed by atoms with Crippen LogP contribution in [0.25, 0.3) is 10.4 Å². The largest absolute Gasteiger partial charge is 0.294 e. The molecule has 0 amide bonds. The summed E-state index contributed by atoms with van der Waals surface area (Å²) in [6, 6.07) is 12.8. The SMILES string of the molecule is CCC(C)(CC)c1ccc(-c2ccc(C(C)=O)s2)cc1.